The van der Waals surface area contributed by atoms with Gasteiger partial charge in [0.15, 0.2) is 11.6 Å². The van der Waals surface area contributed by atoms with E-state index < -0.39 is 29.5 Å². The van der Waals surface area contributed by atoms with Gasteiger partial charge in [0.1, 0.15) is 5.76 Å². The van der Waals surface area contributed by atoms with E-state index in [0.29, 0.717) is 24.2 Å². The van der Waals surface area contributed by atoms with Crippen LogP contribution in [0.4, 0.5) is 4.79 Å². The first kappa shape index (κ1) is 14.4. The smallest absolute Gasteiger partial charge is 0.332 e. The highest BCUT2D eigenvalue weighted by Gasteiger charge is 2.48. The van der Waals surface area contributed by atoms with Gasteiger partial charge < -0.3 is 4.52 Å². The van der Waals surface area contributed by atoms with Gasteiger partial charge in [0.25, 0.3) is 11.8 Å². The molecular weight excluding hydrogens is 290 g/mol. The number of amides is 4. The van der Waals surface area contributed by atoms with E-state index >= 15 is 0 Å². The number of carbonyl (C=O) groups is 4. The molecule has 1 aromatic heterocycles. The molecule has 22 heavy (non-hydrogen) atoms. The Balaban J connectivity index is 1.97. The van der Waals surface area contributed by atoms with Crippen molar-refractivity contribution in [2.45, 2.75) is 25.7 Å². The molecule has 4 amide bonds. The predicted octanol–water partition coefficient (Wildman–Crippen LogP) is 0.403. The highest BCUT2D eigenvalue weighted by atomic mass is 16.5. The second-order valence-electron chi connectivity index (χ2n) is 5.51. The minimum absolute atomic E-state index is 0.0394. The van der Waals surface area contributed by atoms with Crippen LogP contribution in [0.5, 0.6) is 0 Å². The lowest BCUT2D eigenvalue weighted by Crippen LogP contribution is -2.59. The summed E-state index contributed by atoms with van der Waals surface area (Å²) in [6.45, 7) is 0. The number of aromatic nitrogens is 1. The van der Waals surface area contributed by atoms with Crippen LogP contribution in [0.2, 0.25) is 0 Å². The van der Waals surface area contributed by atoms with Gasteiger partial charge in [-0.25, -0.2) is 4.79 Å². The minimum atomic E-state index is -1.57. The summed E-state index contributed by atoms with van der Waals surface area (Å²) in [6, 6.07) is -0.749. The molecule has 0 saturated carbocycles. The van der Waals surface area contributed by atoms with Crippen molar-refractivity contribution in [3.05, 3.63) is 17.0 Å². The summed E-state index contributed by atoms with van der Waals surface area (Å²) in [5, 5.41) is 3.76. The zero-order valence-electron chi connectivity index (χ0n) is 12.3. The first-order valence-corrected chi connectivity index (χ1v) is 7.04. The quantitative estimate of drug-likeness (QED) is 0.579. The van der Waals surface area contributed by atoms with Crippen LogP contribution in [0.15, 0.2) is 4.52 Å². The third-order valence-corrected chi connectivity index (χ3v) is 4.17. The molecule has 0 radical (unpaired) electrons. The maximum Gasteiger partial charge on any atom is 0.332 e. The van der Waals surface area contributed by atoms with E-state index in [-0.39, 0.29) is 5.69 Å². The summed E-state index contributed by atoms with van der Waals surface area (Å²) in [6.07, 6.45) is 3.19. The Morgan fingerprint density at radius 1 is 1.09 bits per heavy atom. The molecule has 8 nitrogen and oxygen atoms in total. The Morgan fingerprint density at radius 3 is 2.32 bits per heavy atom. The molecule has 0 bridgehead atoms. The first-order valence-electron chi connectivity index (χ1n) is 7.04. The van der Waals surface area contributed by atoms with Crippen LogP contribution in [0.3, 0.4) is 0 Å². The molecule has 0 spiro atoms. The zero-order valence-corrected chi connectivity index (χ0v) is 12.3. The van der Waals surface area contributed by atoms with Crippen LogP contribution in [-0.2, 0) is 22.4 Å². The number of ketones is 1. The standard InChI is InChI=1S/C14H15N3O5/c1-16-12(19)9(13(20)17(2)14(16)21)11(18)10-7-5-3-4-6-8(7)22-15-10/h9H,3-6H2,1-2H3. The average molecular weight is 305 g/mol. The van der Waals surface area contributed by atoms with Gasteiger partial charge in [-0.3, -0.25) is 24.2 Å². The SMILES string of the molecule is CN1C(=O)C(C(=O)c2noc3c2CCCC3)C(=O)N(C)C1=O. The predicted molar refractivity (Wildman–Crippen MR) is 71.9 cm³/mol. The number of carbonyl (C=O) groups excluding carboxylic acids is 4. The molecule has 1 fully saturated rings. The van der Waals surface area contributed by atoms with Crippen LogP contribution >= 0.6 is 0 Å². The van der Waals surface area contributed by atoms with Crippen molar-refractivity contribution < 1.29 is 23.7 Å². The molecule has 1 aromatic rings. The number of nitrogens with zero attached hydrogens (tertiary/aromatic N) is 3. The number of hydrogen-bond acceptors (Lipinski definition) is 6. The molecular formula is C14H15N3O5. The Kier molecular flexibility index (Phi) is 3.31. The Morgan fingerprint density at radius 2 is 1.68 bits per heavy atom. The van der Waals surface area contributed by atoms with Crippen molar-refractivity contribution in [3.8, 4) is 0 Å². The fraction of sp³-hybridized carbons (Fsp3) is 0.500. The Bertz CT molecular complexity index is 669. The number of fused-ring (bicyclic) bond motifs is 1. The second-order valence-corrected chi connectivity index (χ2v) is 5.51. The van der Waals surface area contributed by atoms with Gasteiger partial charge in [0.05, 0.1) is 0 Å². The summed E-state index contributed by atoms with van der Waals surface area (Å²) < 4.78 is 5.16. The highest BCUT2D eigenvalue weighted by Crippen LogP contribution is 2.27. The van der Waals surface area contributed by atoms with Gasteiger partial charge >= 0.3 is 6.03 Å². The van der Waals surface area contributed by atoms with Gasteiger partial charge in [0, 0.05) is 26.1 Å². The lowest BCUT2D eigenvalue weighted by atomic mass is 9.90. The fourth-order valence-corrected chi connectivity index (χ4v) is 2.85. The van der Waals surface area contributed by atoms with E-state index in [1.54, 1.807) is 0 Å². The summed E-state index contributed by atoms with van der Waals surface area (Å²) >= 11 is 0. The average Bonchev–Trinajstić information content (AvgIpc) is 2.95. The highest BCUT2D eigenvalue weighted by molar-refractivity contribution is 6.29. The maximum atomic E-state index is 12.6. The van der Waals surface area contributed by atoms with Crippen LogP contribution in [0.25, 0.3) is 0 Å². The molecule has 0 N–H and O–H groups in total. The number of hydrogen-bond donors (Lipinski definition) is 0. The number of Topliss-reactive ketones (excluding diaryl/α,β-unsaturated/α-hetero) is 1. The summed E-state index contributed by atoms with van der Waals surface area (Å²) in [7, 11) is 2.48. The molecule has 0 aromatic carbocycles. The molecule has 2 aliphatic rings. The van der Waals surface area contributed by atoms with E-state index in [9.17, 15) is 19.2 Å². The summed E-state index contributed by atoms with van der Waals surface area (Å²) in [5.41, 5.74) is 0.719. The fourth-order valence-electron chi connectivity index (χ4n) is 2.85. The van der Waals surface area contributed by atoms with E-state index in [4.69, 9.17) is 4.52 Å². The van der Waals surface area contributed by atoms with Crippen LogP contribution < -0.4 is 0 Å². The maximum absolute atomic E-state index is 12.6. The third kappa shape index (κ3) is 1.94. The van der Waals surface area contributed by atoms with Crippen LogP contribution in [0.1, 0.15) is 34.7 Å². The number of aryl methyl sites for hydroxylation is 1. The van der Waals surface area contributed by atoms with Crippen molar-refractivity contribution >= 4 is 23.6 Å². The molecule has 1 saturated heterocycles. The number of urea groups is 1. The zero-order chi connectivity index (χ0) is 16.0. The van der Waals surface area contributed by atoms with Crippen molar-refractivity contribution in [2.24, 2.45) is 5.92 Å². The van der Waals surface area contributed by atoms with E-state index in [1.807, 2.05) is 0 Å². The molecule has 1 aliphatic carbocycles. The summed E-state index contributed by atoms with van der Waals surface area (Å²) in [4.78, 5) is 50.2. The lowest BCUT2D eigenvalue weighted by molar-refractivity contribution is -0.145. The van der Waals surface area contributed by atoms with Crippen molar-refractivity contribution in [3.63, 3.8) is 0 Å². The van der Waals surface area contributed by atoms with Crippen LogP contribution in [-0.4, -0.2) is 52.7 Å². The van der Waals surface area contributed by atoms with Gasteiger partial charge in [-0.1, -0.05) is 5.16 Å². The number of imide groups is 2. The summed E-state index contributed by atoms with van der Waals surface area (Å²) in [5.74, 6) is -3.28. The van der Waals surface area contributed by atoms with Gasteiger partial charge in [0.2, 0.25) is 5.78 Å². The third-order valence-electron chi connectivity index (χ3n) is 4.17. The molecule has 3 rings (SSSR count). The molecule has 8 heteroatoms. The van der Waals surface area contributed by atoms with E-state index in [1.165, 1.54) is 14.1 Å². The molecule has 116 valence electrons. The van der Waals surface area contributed by atoms with Crippen molar-refractivity contribution in [2.75, 3.05) is 14.1 Å². The van der Waals surface area contributed by atoms with Gasteiger partial charge in [-0.15, -0.1) is 0 Å². The minimum Gasteiger partial charge on any atom is -0.360 e. The Labute approximate surface area is 126 Å². The second kappa shape index (κ2) is 5.04. The Hall–Kier alpha value is -2.51. The normalized spacial score (nSPS) is 19.6. The number of barbiturate groups is 1. The monoisotopic (exact) mass is 305 g/mol. The van der Waals surface area contributed by atoms with E-state index in [0.717, 1.165) is 22.6 Å². The van der Waals surface area contributed by atoms with Crippen molar-refractivity contribution in [1.82, 2.24) is 15.0 Å². The first-order chi connectivity index (χ1) is 10.4. The molecule has 0 unspecified atom stereocenters. The lowest BCUT2D eigenvalue weighted by Gasteiger charge is -2.31. The van der Waals surface area contributed by atoms with Gasteiger partial charge in [-0.2, -0.15) is 0 Å². The largest absolute Gasteiger partial charge is 0.360 e. The van der Waals surface area contributed by atoms with E-state index in [2.05, 4.69) is 5.16 Å². The molecule has 2 heterocycles. The van der Waals surface area contributed by atoms with Crippen molar-refractivity contribution in [1.29, 1.82) is 0 Å². The van der Waals surface area contributed by atoms with Crippen LogP contribution in [0, 0.1) is 5.92 Å². The molecule has 1 aliphatic heterocycles. The topological polar surface area (TPSA) is 101 Å². The number of rotatable bonds is 2. The molecule has 0 atom stereocenters. The van der Waals surface area contributed by atoms with Gasteiger partial charge in [-0.05, 0) is 19.3 Å².